The predicted octanol–water partition coefficient (Wildman–Crippen LogP) is 1.85. The molecule has 2 aromatic heterocycles. The fraction of sp³-hybridized carbons (Fsp3) is 0.368. The van der Waals surface area contributed by atoms with Crippen LogP contribution in [0.3, 0.4) is 0 Å². The highest BCUT2D eigenvalue weighted by molar-refractivity contribution is 7.13. The van der Waals surface area contributed by atoms with E-state index in [1.54, 1.807) is 23.6 Å². The van der Waals surface area contributed by atoms with Crippen molar-refractivity contribution in [2.75, 3.05) is 26.8 Å². The van der Waals surface area contributed by atoms with E-state index in [0.717, 1.165) is 10.6 Å². The van der Waals surface area contributed by atoms with Crippen LogP contribution >= 0.6 is 11.3 Å². The average Bonchev–Trinajstić information content (AvgIpc) is 3.40. The minimum atomic E-state index is -1.08. The highest BCUT2D eigenvalue weighted by atomic mass is 32.1. The molecule has 0 spiro atoms. The maximum atomic E-state index is 12.3. The van der Waals surface area contributed by atoms with E-state index in [2.05, 4.69) is 15.0 Å². The van der Waals surface area contributed by atoms with E-state index < -0.39 is 24.0 Å². The lowest BCUT2D eigenvalue weighted by molar-refractivity contribution is -0.147. The van der Waals surface area contributed by atoms with Crippen LogP contribution in [0.2, 0.25) is 0 Å². The van der Waals surface area contributed by atoms with Crippen molar-refractivity contribution in [3.05, 3.63) is 35.8 Å². The minimum absolute atomic E-state index is 0.142. The lowest BCUT2D eigenvalue weighted by atomic mass is 10.1. The molecule has 0 bridgehead atoms. The van der Waals surface area contributed by atoms with Crippen LogP contribution in [0.15, 0.2) is 35.8 Å². The maximum absolute atomic E-state index is 12.3. The molecule has 0 saturated carbocycles. The van der Waals surface area contributed by atoms with E-state index in [1.165, 1.54) is 12.0 Å². The van der Waals surface area contributed by atoms with Crippen LogP contribution in [-0.4, -0.2) is 65.8 Å². The molecule has 1 aliphatic rings. The van der Waals surface area contributed by atoms with Crippen LogP contribution < -0.4 is 10.1 Å². The molecule has 154 valence electrons. The number of carbonyl (C=O) groups excluding carboxylic acids is 2. The molecule has 10 heteroatoms. The van der Waals surface area contributed by atoms with Crippen LogP contribution in [0.4, 0.5) is 4.79 Å². The van der Waals surface area contributed by atoms with E-state index in [1.807, 2.05) is 23.6 Å². The van der Waals surface area contributed by atoms with Crippen LogP contribution in [0.1, 0.15) is 6.42 Å². The molecule has 3 heterocycles. The molecule has 29 heavy (non-hydrogen) atoms. The molecule has 2 amide bonds. The lowest BCUT2D eigenvalue weighted by Crippen LogP contribution is -2.45. The van der Waals surface area contributed by atoms with Crippen LogP contribution in [-0.2, 0) is 14.3 Å². The Labute approximate surface area is 171 Å². The summed E-state index contributed by atoms with van der Waals surface area (Å²) >= 11 is 1.58. The number of pyridine rings is 1. The highest BCUT2D eigenvalue weighted by Crippen LogP contribution is 2.28. The number of carboxylic acids is 1. The Morgan fingerprint density at radius 2 is 2.21 bits per heavy atom. The monoisotopic (exact) mass is 419 g/mol. The number of nitrogens with one attached hydrogen (secondary N) is 1. The number of hydrogen-bond donors (Lipinski definition) is 2. The Hall–Kier alpha value is -3.14. The Morgan fingerprint density at radius 3 is 2.90 bits per heavy atom. The molecule has 9 nitrogen and oxygen atoms in total. The summed E-state index contributed by atoms with van der Waals surface area (Å²) in [5.41, 5.74) is 0.804. The summed E-state index contributed by atoms with van der Waals surface area (Å²) in [5.74, 6) is -1.07. The van der Waals surface area contributed by atoms with Crippen molar-refractivity contribution in [3.8, 4) is 16.3 Å². The number of carbonyl (C=O) groups is 3. The SMILES string of the molecule is COC(=O)NCC(=O)N1C[C@H](COc2ccnc(-c3cccs3)c2)C[C@H]1C(=O)O. The number of hydrogen-bond acceptors (Lipinski definition) is 7. The summed E-state index contributed by atoms with van der Waals surface area (Å²) in [6, 6.07) is 6.54. The van der Waals surface area contributed by atoms with E-state index in [4.69, 9.17) is 4.74 Å². The van der Waals surface area contributed by atoms with Crippen molar-refractivity contribution >= 4 is 29.3 Å². The number of carboxylic acid groups (broad SMARTS) is 1. The van der Waals surface area contributed by atoms with Gasteiger partial charge in [-0.25, -0.2) is 9.59 Å². The number of rotatable bonds is 7. The Kier molecular flexibility index (Phi) is 6.65. The van der Waals surface area contributed by atoms with Crippen LogP contribution in [0.25, 0.3) is 10.6 Å². The maximum Gasteiger partial charge on any atom is 0.407 e. The molecule has 1 aliphatic heterocycles. The summed E-state index contributed by atoms with van der Waals surface area (Å²) in [6.07, 6.45) is 1.19. The first-order valence-corrected chi connectivity index (χ1v) is 9.82. The summed E-state index contributed by atoms with van der Waals surface area (Å²) in [6.45, 7) is 0.186. The molecule has 0 radical (unpaired) electrons. The summed E-state index contributed by atoms with van der Waals surface area (Å²) in [7, 11) is 1.19. The first-order chi connectivity index (χ1) is 14.0. The van der Waals surface area contributed by atoms with E-state index in [0.29, 0.717) is 5.75 Å². The minimum Gasteiger partial charge on any atom is -0.493 e. The van der Waals surface area contributed by atoms with Crippen molar-refractivity contribution in [1.82, 2.24) is 15.2 Å². The van der Waals surface area contributed by atoms with Gasteiger partial charge < -0.3 is 24.8 Å². The van der Waals surface area contributed by atoms with Crippen molar-refractivity contribution in [3.63, 3.8) is 0 Å². The lowest BCUT2D eigenvalue weighted by Gasteiger charge is -2.21. The summed E-state index contributed by atoms with van der Waals surface area (Å²) < 4.78 is 10.3. The molecule has 1 fully saturated rings. The zero-order valence-corrected chi connectivity index (χ0v) is 16.6. The third-order valence-corrected chi connectivity index (χ3v) is 5.45. The second-order valence-corrected chi connectivity index (χ2v) is 7.46. The van der Waals surface area contributed by atoms with Gasteiger partial charge in [0, 0.05) is 24.7 Å². The number of thiophene rings is 1. The molecule has 0 aromatic carbocycles. The number of aliphatic carboxylic acids is 1. The normalized spacial score (nSPS) is 18.3. The molecule has 3 rings (SSSR count). The van der Waals surface area contributed by atoms with Gasteiger partial charge in [-0.2, -0.15) is 0 Å². The van der Waals surface area contributed by atoms with Gasteiger partial charge in [-0.15, -0.1) is 11.3 Å². The molecular formula is C19H21N3O6S. The van der Waals surface area contributed by atoms with Crippen LogP contribution in [0, 0.1) is 5.92 Å². The van der Waals surface area contributed by atoms with E-state index in [-0.39, 0.29) is 32.0 Å². The molecule has 1 saturated heterocycles. The predicted molar refractivity (Wildman–Crippen MR) is 105 cm³/mol. The standard InChI is InChI=1S/C19H21N3O6S/c1-27-19(26)21-9-17(23)22-10-12(7-15(22)18(24)25)11-28-13-4-5-20-14(8-13)16-3-2-6-29-16/h2-6,8,12,15H,7,9-11H2,1H3,(H,21,26)(H,24,25)/t12-,15+/m1/s1. The topological polar surface area (TPSA) is 118 Å². The highest BCUT2D eigenvalue weighted by Gasteiger charge is 2.39. The second-order valence-electron chi connectivity index (χ2n) is 6.51. The largest absolute Gasteiger partial charge is 0.493 e. The fourth-order valence-corrected chi connectivity index (χ4v) is 3.84. The van der Waals surface area contributed by atoms with E-state index in [9.17, 15) is 19.5 Å². The van der Waals surface area contributed by atoms with Gasteiger partial charge >= 0.3 is 12.1 Å². The Morgan fingerprint density at radius 1 is 1.38 bits per heavy atom. The third-order valence-electron chi connectivity index (χ3n) is 4.55. The number of amides is 2. The van der Waals surface area contributed by atoms with E-state index >= 15 is 0 Å². The fourth-order valence-electron chi connectivity index (χ4n) is 3.15. The second kappa shape index (κ2) is 9.37. The van der Waals surface area contributed by atoms with Crippen LogP contribution in [0.5, 0.6) is 5.75 Å². The van der Waals surface area contributed by atoms with Gasteiger partial charge in [0.15, 0.2) is 0 Å². The van der Waals surface area contributed by atoms with Gasteiger partial charge in [0.25, 0.3) is 0 Å². The molecule has 2 aromatic rings. The molecular weight excluding hydrogens is 398 g/mol. The van der Waals surface area contributed by atoms with Gasteiger partial charge in [0.1, 0.15) is 18.3 Å². The van der Waals surface area contributed by atoms with Crippen molar-refractivity contribution in [2.45, 2.75) is 12.5 Å². The molecule has 0 aliphatic carbocycles. The first kappa shape index (κ1) is 20.6. The average molecular weight is 419 g/mol. The Balaban J connectivity index is 1.59. The Bertz CT molecular complexity index is 873. The number of methoxy groups -OCH3 is 1. The van der Waals surface area contributed by atoms with Gasteiger partial charge in [0.05, 0.1) is 24.3 Å². The van der Waals surface area contributed by atoms with Gasteiger partial charge in [-0.1, -0.05) is 6.07 Å². The van der Waals surface area contributed by atoms with Crippen molar-refractivity contribution in [1.29, 1.82) is 0 Å². The van der Waals surface area contributed by atoms with Gasteiger partial charge in [0.2, 0.25) is 5.91 Å². The number of nitrogens with zero attached hydrogens (tertiary/aromatic N) is 2. The first-order valence-electron chi connectivity index (χ1n) is 8.94. The summed E-state index contributed by atoms with van der Waals surface area (Å²) in [5, 5.41) is 13.7. The number of aromatic nitrogens is 1. The number of likely N-dealkylation sites (tertiary alicyclic amines) is 1. The van der Waals surface area contributed by atoms with Gasteiger partial charge in [-0.05, 0) is 23.9 Å². The quantitative estimate of drug-likeness (QED) is 0.703. The summed E-state index contributed by atoms with van der Waals surface area (Å²) in [4.78, 5) is 41.6. The molecule has 0 unspecified atom stereocenters. The number of ether oxygens (including phenoxy) is 2. The van der Waals surface area contributed by atoms with Crippen molar-refractivity contribution < 1.29 is 29.0 Å². The molecule has 2 N–H and O–H groups in total. The molecule has 2 atom stereocenters. The van der Waals surface area contributed by atoms with Gasteiger partial charge in [-0.3, -0.25) is 9.78 Å². The third kappa shape index (κ3) is 5.23. The number of alkyl carbamates (subject to hydrolysis) is 1. The smallest absolute Gasteiger partial charge is 0.407 e. The zero-order valence-electron chi connectivity index (χ0n) is 15.7. The zero-order chi connectivity index (χ0) is 20.8. The van der Waals surface area contributed by atoms with Crippen molar-refractivity contribution in [2.24, 2.45) is 5.92 Å².